The zero-order valence-corrected chi connectivity index (χ0v) is 20.1. The van der Waals surface area contributed by atoms with Gasteiger partial charge in [0.25, 0.3) is 0 Å². The fraction of sp³-hybridized carbons (Fsp3) is 0. The lowest BCUT2D eigenvalue weighted by molar-refractivity contribution is 1.18. The van der Waals surface area contributed by atoms with E-state index in [1.54, 1.807) is 0 Å². The highest BCUT2D eigenvalue weighted by atomic mass is 14.9. The average Bonchev–Trinajstić information content (AvgIpc) is 3.37. The molecule has 0 aliphatic rings. The van der Waals surface area contributed by atoms with Gasteiger partial charge >= 0.3 is 0 Å². The van der Waals surface area contributed by atoms with Crippen LogP contribution in [0.5, 0.6) is 0 Å². The summed E-state index contributed by atoms with van der Waals surface area (Å²) in [6.45, 7) is 0. The topological polar surface area (TPSA) is 41.6 Å². The fourth-order valence-corrected chi connectivity index (χ4v) is 5.03. The maximum Gasteiger partial charge on any atom is 0.160 e. The van der Waals surface area contributed by atoms with Gasteiger partial charge in [-0.25, -0.2) is 9.97 Å². The Morgan fingerprint density at radius 1 is 0.432 bits per heavy atom. The molecule has 174 valence electrons. The van der Waals surface area contributed by atoms with Crippen molar-refractivity contribution < 1.29 is 0 Å². The van der Waals surface area contributed by atoms with Gasteiger partial charge in [0, 0.05) is 38.5 Å². The molecule has 1 N–H and O–H groups in total. The predicted octanol–water partition coefficient (Wildman–Crippen LogP) is 8.78. The quantitative estimate of drug-likeness (QED) is 0.277. The van der Waals surface area contributed by atoms with E-state index in [0.717, 1.165) is 44.9 Å². The van der Waals surface area contributed by atoms with Crippen molar-refractivity contribution in [1.29, 1.82) is 0 Å². The van der Waals surface area contributed by atoms with E-state index in [1.807, 2.05) is 36.4 Å². The molecular weight excluding hydrogens is 450 g/mol. The van der Waals surface area contributed by atoms with E-state index in [1.165, 1.54) is 21.9 Å². The number of fused-ring (bicyclic) bond motifs is 3. The van der Waals surface area contributed by atoms with Crippen LogP contribution in [-0.4, -0.2) is 15.0 Å². The zero-order chi connectivity index (χ0) is 24.6. The van der Waals surface area contributed by atoms with Crippen molar-refractivity contribution >= 4 is 21.8 Å². The molecule has 2 heterocycles. The first-order chi connectivity index (χ1) is 18.3. The molecule has 0 aliphatic carbocycles. The smallest absolute Gasteiger partial charge is 0.160 e. The SMILES string of the molecule is c1ccc(-c2cc(-c3ccccc3)nc(-c3ccc(-c4cccc5[nH]c6ccccc6c45)cc3)n2)cc1. The van der Waals surface area contributed by atoms with Crippen LogP contribution in [0.3, 0.4) is 0 Å². The lowest BCUT2D eigenvalue weighted by Gasteiger charge is -2.10. The molecule has 7 aromatic rings. The summed E-state index contributed by atoms with van der Waals surface area (Å²) in [6, 6.07) is 46.2. The summed E-state index contributed by atoms with van der Waals surface area (Å²) in [5, 5.41) is 2.49. The molecule has 0 unspecified atom stereocenters. The third kappa shape index (κ3) is 3.87. The number of hydrogen-bond acceptors (Lipinski definition) is 2. The number of hydrogen-bond donors (Lipinski definition) is 1. The number of para-hydroxylation sites is 1. The van der Waals surface area contributed by atoms with Crippen molar-refractivity contribution in [2.75, 3.05) is 0 Å². The molecule has 0 amide bonds. The van der Waals surface area contributed by atoms with Gasteiger partial charge in [-0.2, -0.15) is 0 Å². The molecule has 3 heteroatoms. The minimum atomic E-state index is 0.719. The van der Waals surface area contributed by atoms with Gasteiger partial charge in [-0.05, 0) is 29.3 Å². The van der Waals surface area contributed by atoms with E-state index in [2.05, 4.69) is 102 Å². The van der Waals surface area contributed by atoms with Crippen LogP contribution in [0.1, 0.15) is 0 Å². The van der Waals surface area contributed by atoms with Gasteiger partial charge in [0.1, 0.15) is 0 Å². The molecule has 0 saturated heterocycles. The van der Waals surface area contributed by atoms with E-state index in [4.69, 9.17) is 9.97 Å². The van der Waals surface area contributed by atoms with Gasteiger partial charge < -0.3 is 4.98 Å². The Hall–Kier alpha value is -5.02. The Kier molecular flexibility index (Phi) is 5.11. The summed E-state index contributed by atoms with van der Waals surface area (Å²) >= 11 is 0. The largest absolute Gasteiger partial charge is 0.354 e. The van der Waals surface area contributed by atoms with Crippen LogP contribution in [0.25, 0.3) is 66.8 Å². The van der Waals surface area contributed by atoms with Crippen LogP contribution in [0.15, 0.2) is 133 Å². The van der Waals surface area contributed by atoms with E-state index in [0.29, 0.717) is 0 Å². The summed E-state index contributed by atoms with van der Waals surface area (Å²) in [7, 11) is 0. The third-order valence-corrected chi connectivity index (χ3v) is 6.85. The highest BCUT2D eigenvalue weighted by Crippen LogP contribution is 2.35. The number of rotatable bonds is 4. The number of benzene rings is 5. The van der Waals surface area contributed by atoms with Crippen molar-refractivity contribution in [3.8, 4) is 45.0 Å². The van der Waals surface area contributed by atoms with Crippen LogP contribution >= 0.6 is 0 Å². The molecule has 0 saturated carbocycles. The lowest BCUT2D eigenvalue weighted by Crippen LogP contribution is -1.95. The second-order valence-electron chi connectivity index (χ2n) is 9.17. The summed E-state index contributed by atoms with van der Waals surface area (Å²) in [4.78, 5) is 13.5. The van der Waals surface area contributed by atoms with Gasteiger partial charge in [0.2, 0.25) is 0 Å². The van der Waals surface area contributed by atoms with E-state index in [9.17, 15) is 0 Å². The number of nitrogens with one attached hydrogen (secondary N) is 1. The first kappa shape index (κ1) is 21.3. The van der Waals surface area contributed by atoms with E-state index >= 15 is 0 Å². The maximum absolute atomic E-state index is 4.97. The van der Waals surface area contributed by atoms with Crippen LogP contribution in [0.2, 0.25) is 0 Å². The number of aromatic nitrogens is 3. The number of H-pyrrole nitrogens is 1. The zero-order valence-electron chi connectivity index (χ0n) is 20.1. The van der Waals surface area contributed by atoms with Crippen LogP contribution in [0.4, 0.5) is 0 Å². The Bertz CT molecular complexity index is 1790. The Labute approximate surface area is 215 Å². The Balaban J connectivity index is 1.34. The molecule has 0 atom stereocenters. The maximum atomic E-state index is 4.97. The van der Waals surface area contributed by atoms with Gasteiger partial charge in [0.15, 0.2) is 5.82 Å². The molecule has 2 aromatic heterocycles. The third-order valence-electron chi connectivity index (χ3n) is 6.85. The summed E-state index contributed by atoms with van der Waals surface area (Å²) < 4.78 is 0. The molecule has 3 nitrogen and oxygen atoms in total. The van der Waals surface area contributed by atoms with Gasteiger partial charge in [-0.1, -0.05) is 115 Å². The second-order valence-corrected chi connectivity index (χ2v) is 9.17. The summed E-state index contributed by atoms with van der Waals surface area (Å²) in [5.74, 6) is 0.719. The minimum Gasteiger partial charge on any atom is -0.354 e. The van der Waals surface area contributed by atoms with Gasteiger partial charge in [-0.3, -0.25) is 0 Å². The molecule has 37 heavy (non-hydrogen) atoms. The van der Waals surface area contributed by atoms with Crippen LogP contribution in [0, 0.1) is 0 Å². The van der Waals surface area contributed by atoms with E-state index < -0.39 is 0 Å². The molecule has 0 aliphatic heterocycles. The molecule has 7 rings (SSSR count). The first-order valence-electron chi connectivity index (χ1n) is 12.4. The standard InChI is InChI=1S/C34H23N3/c1-3-10-24(11-4-1)31-22-32(25-12-5-2-6-13-25)37-34(36-31)26-20-18-23(19-21-26)27-15-9-17-30-33(27)28-14-7-8-16-29(28)35-30/h1-22,35H. The molecule has 0 spiro atoms. The second kappa shape index (κ2) is 8.89. The lowest BCUT2D eigenvalue weighted by atomic mass is 9.98. The van der Waals surface area contributed by atoms with Crippen molar-refractivity contribution in [3.63, 3.8) is 0 Å². The number of aromatic amines is 1. The monoisotopic (exact) mass is 473 g/mol. The van der Waals surface area contributed by atoms with Crippen LogP contribution < -0.4 is 0 Å². The average molecular weight is 474 g/mol. The minimum absolute atomic E-state index is 0.719. The summed E-state index contributed by atoms with van der Waals surface area (Å²) in [6.07, 6.45) is 0. The molecule has 0 fully saturated rings. The number of nitrogens with zero attached hydrogens (tertiary/aromatic N) is 2. The Morgan fingerprint density at radius 3 is 1.68 bits per heavy atom. The molecular formula is C34H23N3. The normalized spacial score (nSPS) is 11.2. The van der Waals surface area contributed by atoms with Crippen molar-refractivity contribution in [2.45, 2.75) is 0 Å². The first-order valence-corrected chi connectivity index (χ1v) is 12.4. The van der Waals surface area contributed by atoms with Crippen LogP contribution in [-0.2, 0) is 0 Å². The fourth-order valence-electron chi connectivity index (χ4n) is 5.03. The van der Waals surface area contributed by atoms with Crippen molar-refractivity contribution in [3.05, 3.63) is 133 Å². The molecule has 5 aromatic carbocycles. The molecule has 0 bridgehead atoms. The van der Waals surface area contributed by atoms with Gasteiger partial charge in [0.05, 0.1) is 11.4 Å². The highest BCUT2D eigenvalue weighted by Gasteiger charge is 2.13. The van der Waals surface area contributed by atoms with E-state index in [-0.39, 0.29) is 0 Å². The summed E-state index contributed by atoms with van der Waals surface area (Å²) in [5.41, 5.74) is 9.65. The Morgan fingerprint density at radius 2 is 1.00 bits per heavy atom. The highest BCUT2D eigenvalue weighted by molar-refractivity contribution is 6.14. The molecule has 0 radical (unpaired) electrons. The van der Waals surface area contributed by atoms with Crippen molar-refractivity contribution in [2.24, 2.45) is 0 Å². The predicted molar refractivity (Wildman–Crippen MR) is 153 cm³/mol. The van der Waals surface area contributed by atoms with Crippen molar-refractivity contribution in [1.82, 2.24) is 15.0 Å². The van der Waals surface area contributed by atoms with Gasteiger partial charge in [-0.15, -0.1) is 0 Å².